The third-order valence-corrected chi connectivity index (χ3v) is 6.49. The van der Waals surface area contributed by atoms with E-state index in [4.69, 9.17) is 14.5 Å². The molecule has 0 amide bonds. The monoisotopic (exact) mass is 466 g/mol. The van der Waals surface area contributed by atoms with E-state index in [0.717, 1.165) is 61.3 Å². The standard InChI is InChI=1S/C23H26N6O3S/c1-15-9-16(2)25-23(24-15)33-13-18-11-21(30)27-22(26-18)29-7-5-28(6-8-29)12-17-3-4-19-20(10-17)32-14-31-19/h3-4,9-11H,5-8,12-14H2,1-2H3,(H,26,27,30). The average molecular weight is 467 g/mol. The molecular formula is C23H26N6O3S. The van der Waals surface area contributed by atoms with Gasteiger partial charge in [0.05, 0.1) is 5.69 Å². The smallest absolute Gasteiger partial charge is 0.252 e. The number of hydrogen-bond acceptors (Lipinski definition) is 9. The van der Waals surface area contributed by atoms with Gasteiger partial charge in [-0.25, -0.2) is 15.0 Å². The Kier molecular flexibility index (Phi) is 6.19. The molecule has 2 aromatic heterocycles. The Balaban J connectivity index is 1.19. The molecule has 2 aliphatic rings. The third-order valence-electron chi connectivity index (χ3n) is 5.61. The van der Waals surface area contributed by atoms with Gasteiger partial charge in [-0.1, -0.05) is 17.8 Å². The fourth-order valence-corrected chi connectivity index (χ4v) is 4.87. The van der Waals surface area contributed by atoms with Crippen molar-refractivity contribution in [1.82, 2.24) is 24.8 Å². The molecule has 5 rings (SSSR count). The van der Waals surface area contributed by atoms with E-state index < -0.39 is 0 Å². The van der Waals surface area contributed by atoms with Crippen molar-refractivity contribution >= 4 is 17.7 Å². The molecular weight excluding hydrogens is 440 g/mol. The maximum atomic E-state index is 12.3. The van der Waals surface area contributed by atoms with Crippen LogP contribution in [0.5, 0.6) is 11.5 Å². The van der Waals surface area contributed by atoms with E-state index in [0.29, 0.717) is 16.9 Å². The van der Waals surface area contributed by atoms with Crippen LogP contribution in [-0.2, 0) is 12.3 Å². The summed E-state index contributed by atoms with van der Waals surface area (Å²) in [7, 11) is 0. The SMILES string of the molecule is Cc1cc(C)nc(SCc2cc(=O)[nH]c(N3CCN(Cc4ccc5c(c4)OCO5)CC3)n2)n1. The van der Waals surface area contributed by atoms with Crippen molar-refractivity contribution in [3.05, 3.63) is 63.3 Å². The van der Waals surface area contributed by atoms with Crippen LogP contribution in [0.3, 0.4) is 0 Å². The molecule has 9 nitrogen and oxygen atoms in total. The van der Waals surface area contributed by atoms with Crippen molar-refractivity contribution < 1.29 is 9.47 Å². The zero-order valence-corrected chi connectivity index (χ0v) is 19.5. The molecule has 0 spiro atoms. The molecule has 4 heterocycles. The molecule has 0 bridgehead atoms. The quantitative estimate of drug-likeness (QED) is 0.434. The molecule has 2 aliphatic heterocycles. The van der Waals surface area contributed by atoms with Crippen molar-refractivity contribution in [2.45, 2.75) is 31.3 Å². The van der Waals surface area contributed by atoms with Gasteiger partial charge in [0.2, 0.25) is 12.7 Å². The third kappa shape index (κ3) is 5.28. The molecule has 0 unspecified atom stereocenters. The lowest BCUT2D eigenvalue weighted by Crippen LogP contribution is -2.47. The lowest BCUT2D eigenvalue weighted by Gasteiger charge is -2.35. The minimum absolute atomic E-state index is 0.139. The van der Waals surface area contributed by atoms with Gasteiger partial charge in [0, 0.05) is 55.9 Å². The second-order valence-electron chi connectivity index (χ2n) is 8.23. The molecule has 1 aromatic carbocycles. The number of piperazine rings is 1. The number of aromatic nitrogens is 4. The van der Waals surface area contributed by atoms with E-state index in [1.54, 1.807) is 6.07 Å². The van der Waals surface area contributed by atoms with E-state index in [2.05, 4.69) is 30.8 Å². The van der Waals surface area contributed by atoms with Gasteiger partial charge in [0.15, 0.2) is 16.7 Å². The number of thioether (sulfide) groups is 1. The molecule has 1 saturated heterocycles. The maximum absolute atomic E-state index is 12.3. The van der Waals surface area contributed by atoms with Crippen LogP contribution >= 0.6 is 11.8 Å². The van der Waals surface area contributed by atoms with Crippen LogP contribution in [0.25, 0.3) is 0 Å². The Labute approximate surface area is 196 Å². The summed E-state index contributed by atoms with van der Waals surface area (Å²) in [6, 6.07) is 9.60. The topological polar surface area (TPSA) is 96.5 Å². The van der Waals surface area contributed by atoms with Gasteiger partial charge in [-0.2, -0.15) is 0 Å². The van der Waals surface area contributed by atoms with Crippen molar-refractivity contribution in [1.29, 1.82) is 0 Å². The normalized spacial score (nSPS) is 15.8. The van der Waals surface area contributed by atoms with Gasteiger partial charge in [-0.3, -0.25) is 14.7 Å². The summed E-state index contributed by atoms with van der Waals surface area (Å²) in [6.45, 7) is 8.40. The molecule has 172 valence electrons. The van der Waals surface area contributed by atoms with E-state index in [9.17, 15) is 4.79 Å². The number of aryl methyl sites for hydroxylation is 2. The van der Waals surface area contributed by atoms with Gasteiger partial charge in [-0.05, 0) is 37.6 Å². The fraction of sp³-hybridized carbons (Fsp3) is 0.391. The summed E-state index contributed by atoms with van der Waals surface area (Å²) >= 11 is 1.49. The van der Waals surface area contributed by atoms with Crippen LogP contribution in [0.2, 0.25) is 0 Å². The highest BCUT2D eigenvalue weighted by Gasteiger charge is 2.21. The Bertz CT molecular complexity index is 1190. The molecule has 1 fully saturated rings. The Morgan fingerprint density at radius 1 is 0.970 bits per heavy atom. The first-order valence-electron chi connectivity index (χ1n) is 10.9. The van der Waals surface area contributed by atoms with Crippen LogP contribution in [-0.4, -0.2) is 57.8 Å². The number of H-pyrrole nitrogens is 1. The molecule has 3 aromatic rings. The van der Waals surface area contributed by atoms with E-state index in [-0.39, 0.29) is 12.4 Å². The summed E-state index contributed by atoms with van der Waals surface area (Å²) in [4.78, 5) is 33.3. The Morgan fingerprint density at radius 3 is 2.52 bits per heavy atom. The predicted molar refractivity (Wildman–Crippen MR) is 126 cm³/mol. The number of nitrogens with zero attached hydrogens (tertiary/aromatic N) is 5. The van der Waals surface area contributed by atoms with Crippen molar-refractivity contribution in [2.75, 3.05) is 37.9 Å². The second-order valence-corrected chi connectivity index (χ2v) is 9.18. The van der Waals surface area contributed by atoms with Crippen LogP contribution in [0.15, 0.2) is 40.3 Å². The molecule has 1 N–H and O–H groups in total. The summed E-state index contributed by atoms with van der Waals surface area (Å²) in [5.74, 6) is 2.79. The minimum atomic E-state index is -0.139. The number of anilines is 1. The largest absolute Gasteiger partial charge is 0.454 e. The van der Waals surface area contributed by atoms with Gasteiger partial charge >= 0.3 is 0 Å². The van der Waals surface area contributed by atoms with Gasteiger partial charge < -0.3 is 14.4 Å². The fourth-order valence-electron chi connectivity index (χ4n) is 4.03. The maximum Gasteiger partial charge on any atom is 0.252 e. The molecule has 0 atom stereocenters. The average Bonchev–Trinajstić information content (AvgIpc) is 3.25. The summed E-state index contributed by atoms with van der Waals surface area (Å²) < 4.78 is 10.9. The zero-order chi connectivity index (χ0) is 22.8. The summed E-state index contributed by atoms with van der Waals surface area (Å²) in [5, 5.41) is 0.702. The zero-order valence-electron chi connectivity index (χ0n) is 18.7. The second kappa shape index (κ2) is 9.40. The molecule has 0 radical (unpaired) electrons. The predicted octanol–water partition coefficient (Wildman–Crippen LogP) is 2.52. The van der Waals surface area contributed by atoms with E-state index in [1.807, 2.05) is 32.0 Å². The Hall–Kier alpha value is -3.11. The van der Waals surface area contributed by atoms with E-state index >= 15 is 0 Å². The number of fused-ring (bicyclic) bond motifs is 1. The molecule has 33 heavy (non-hydrogen) atoms. The van der Waals surface area contributed by atoms with Gasteiger partial charge in [0.25, 0.3) is 5.56 Å². The van der Waals surface area contributed by atoms with Crippen LogP contribution in [0.4, 0.5) is 5.95 Å². The van der Waals surface area contributed by atoms with Crippen LogP contribution in [0.1, 0.15) is 22.6 Å². The van der Waals surface area contributed by atoms with Crippen molar-refractivity contribution in [3.8, 4) is 11.5 Å². The highest BCUT2D eigenvalue weighted by atomic mass is 32.2. The van der Waals surface area contributed by atoms with Gasteiger partial charge in [-0.15, -0.1) is 0 Å². The van der Waals surface area contributed by atoms with Gasteiger partial charge in [0.1, 0.15) is 0 Å². The summed E-state index contributed by atoms with van der Waals surface area (Å²) in [6.07, 6.45) is 0. The lowest BCUT2D eigenvalue weighted by atomic mass is 10.1. The van der Waals surface area contributed by atoms with Crippen molar-refractivity contribution in [2.24, 2.45) is 0 Å². The number of nitrogens with one attached hydrogen (secondary N) is 1. The van der Waals surface area contributed by atoms with Crippen LogP contribution in [0, 0.1) is 13.8 Å². The number of benzene rings is 1. The molecule has 0 saturated carbocycles. The first-order valence-corrected chi connectivity index (χ1v) is 11.9. The number of rotatable bonds is 6. The first kappa shape index (κ1) is 21.7. The molecule has 10 heteroatoms. The Morgan fingerprint density at radius 2 is 1.73 bits per heavy atom. The summed E-state index contributed by atoms with van der Waals surface area (Å²) in [5.41, 5.74) is 3.65. The van der Waals surface area contributed by atoms with E-state index in [1.165, 1.54) is 17.3 Å². The lowest BCUT2D eigenvalue weighted by molar-refractivity contribution is 0.174. The minimum Gasteiger partial charge on any atom is -0.454 e. The van der Waals surface area contributed by atoms with Crippen molar-refractivity contribution in [3.63, 3.8) is 0 Å². The number of hydrogen-bond donors (Lipinski definition) is 1. The molecule has 0 aliphatic carbocycles. The number of ether oxygens (including phenoxy) is 2. The van der Waals surface area contributed by atoms with Crippen LogP contribution < -0.4 is 19.9 Å². The highest BCUT2D eigenvalue weighted by molar-refractivity contribution is 7.98. The first-order chi connectivity index (χ1) is 16.0. The highest BCUT2D eigenvalue weighted by Crippen LogP contribution is 2.33. The number of aromatic amines is 1.